The molecule has 0 saturated carbocycles. The van der Waals surface area contributed by atoms with Gasteiger partial charge in [-0.1, -0.05) is 6.07 Å². The molecule has 1 unspecified atom stereocenters. The predicted molar refractivity (Wildman–Crippen MR) is 131 cm³/mol. The van der Waals surface area contributed by atoms with E-state index in [9.17, 15) is 23.2 Å². The number of benzene rings is 2. The smallest absolute Gasteiger partial charge is 0.256 e. The number of halogens is 2. The fourth-order valence-corrected chi connectivity index (χ4v) is 5.39. The molecule has 3 amide bonds. The summed E-state index contributed by atoms with van der Waals surface area (Å²) in [6, 6.07) is 9.98. The van der Waals surface area contributed by atoms with E-state index in [4.69, 9.17) is 4.74 Å². The molecule has 10 heteroatoms. The van der Waals surface area contributed by atoms with Gasteiger partial charge in [0.2, 0.25) is 5.91 Å². The van der Waals surface area contributed by atoms with Crippen LogP contribution in [0.2, 0.25) is 0 Å². The second-order valence-corrected chi connectivity index (χ2v) is 9.89. The topological polar surface area (TPSA) is 73.4 Å². The highest BCUT2D eigenvalue weighted by Gasteiger charge is 2.55. The van der Waals surface area contributed by atoms with Gasteiger partial charge in [-0.2, -0.15) is 0 Å². The summed E-state index contributed by atoms with van der Waals surface area (Å²) in [6.45, 7) is 3.22. The van der Waals surface area contributed by atoms with Crippen molar-refractivity contribution in [3.8, 4) is 0 Å². The van der Waals surface area contributed by atoms with Crippen molar-refractivity contribution in [1.29, 1.82) is 0 Å². The maximum absolute atomic E-state index is 13.8. The molecule has 0 N–H and O–H groups in total. The first-order valence-electron chi connectivity index (χ1n) is 12.5. The highest BCUT2D eigenvalue weighted by molar-refractivity contribution is 5.98. The number of hydrogen-bond donors (Lipinski definition) is 0. The van der Waals surface area contributed by atoms with E-state index in [1.807, 2.05) is 7.05 Å². The minimum absolute atomic E-state index is 0.0515. The number of piperidine rings is 1. The van der Waals surface area contributed by atoms with Gasteiger partial charge in [0.1, 0.15) is 23.4 Å². The average molecular weight is 513 g/mol. The maximum atomic E-state index is 13.8. The first kappa shape index (κ1) is 25.3. The van der Waals surface area contributed by atoms with Crippen LogP contribution in [-0.4, -0.2) is 102 Å². The molecular weight excluding hydrogens is 482 g/mol. The second-order valence-electron chi connectivity index (χ2n) is 9.89. The average Bonchev–Trinajstić information content (AvgIpc) is 3.27. The molecular formula is C27H30F2N4O4. The summed E-state index contributed by atoms with van der Waals surface area (Å²) in [5, 5.41) is 0. The lowest BCUT2D eigenvalue weighted by Crippen LogP contribution is -2.61. The summed E-state index contributed by atoms with van der Waals surface area (Å²) in [4.78, 5) is 47.4. The van der Waals surface area contributed by atoms with E-state index in [1.54, 1.807) is 15.9 Å². The van der Waals surface area contributed by atoms with E-state index >= 15 is 0 Å². The zero-order valence-electron chi connectivity index (χ0n) is 20.7. The molecule has 1 atom stereocenters. The highest BCUT2D eigenvalue weighted by atomic mass is 19.1. The number of ether oxygens (including phenoxy) is 1. The van der Waals surface area contributed by atoms with Crippen molar-refractivity contribution < 1.29 is 27.9 Å². The van der Waals surface area contributed by atoms with Gasteiger partial charge in [-0.3, -0.25) is 19.3 Å². The fraction of sp³-hybridized carbons (Fsp3) is 0.444. The predicted octanol–water partition coefficient (Wildman–Crippen LogP) is 2.21. The summed E-state index contributed by atoms with van der Waals surface area (Å²) in [5.74, 6) is -1.82. The Morgan fingerprint density at radius 3 is 2.14 bits per heavy atom. The summed E-state index contributed by atoms with van der Waals surface area (Å²) in [6.07, 6.45) is 0.598. The number of nitrogens with zero attached hydrogens (tertiary/aromatic N) is 4. The molecule has 5 rings (SSSR count). The largest absolute Gasteiger partial charge is 0.353 e. The Labute approximate surface area is 214 Å². The van der Waals surface area contributed by atoms with E-state index < -0.39 is 29.3 Å². The highest BCUT2D eigenvalue weighted by Crippen LogP contribution is 2.39. The van der Waals surface area contributed by atoms with Crippen molar-refractivity contribution in [3.63, 3.8) is 0 Å². The quantitative estimate of drug-likeness (QED) is 0.631. The van der Waals surface area contributed by atoms with E-state index in [2.05, 4.69) is 4.90 Å². The van der Waals surface area contributed by atoms with Crippen LogP contribution < -0.4 is 0 Å². The van der Waals surface area contributed by atoms with Gasteiger partial charge < -0.3 is 19.4 Å². The van der Waals surface area contributed by atoms with Crippen LogP contribution in [0.3, 0.4) is 0 Å². The minimum atomic E-state index is -1.07. The van der Waals surface area contributed by atoms with Crippen molar-refractivity contribution in [2.45, 2.75) is 24.6 Å². The van der Waals surface area contributed by atoms with Gasteiger partial charge in [-0.25, -0.2) is 8.78 Å². The number of amides is 3. The van der Waals surface area contributed by atoms with Gasteiger partial charge >= 0.3 is 0 Å². The van der Waals surface area contributed by atoms with Crippen LogP contribution in [-0.2, 0) is 9.53 Å². The molecule has 196 valence electrons. The van der Waals surface area contributed by atoms with Gasteiger partial charge in [0.05, 0.1) is 6.61 Å². The SMILES string of the molecule is CN1CCN(C(=O)C2COC3(CCN(C(=O)c4cccc(F)c4)CC3)N2C(=O)c2ccc(F)cc2)CC1. The molecule has 2 aromatic rings. The van der Waals surface area contributed by atoms with Gasteiger partial charge in [0.25, 0.3) is 11.8 Å². The Bertz CT molecular complexity index is 1180. The Balaban J connectivity index is 1.39. The first-order valence-corrected chi connectivity index (χ1v) is 12.5. The van der Waals surface area contributed by atoms with Crippen molar-refractivity contribution in [3.05, 3.63) is 71.3 Å². The Hall–Kier alpha value is -3.37. The van der Waals surface area contributed by atoms with E-state index in [1.165, 1.54) is 47.4 Å². The zero-order chi connectivity index (χ0) is 26.2. The molecule has 2 aromatic carbocycles. The number of rotatable bonds is 3. The number of likely N-dealkylation sites (tertiary alicyclic amines) is 1. The van der Waals surface area contributed by atoms with Gasteiger partial charge in [-0.05, 0) is 49.5 Å². The summed E-state index contributed by atoms with van der Waals surface area (Å²) in [5.41, 5.74) is -0.553. The third kappa shape index (κ3) is 4.95. The number of hydrogen-bond acceptors (Lipinski definition) is 5. The van der Waals surface area contributed by atoms with Crippen molar-refractivity contribution in [1.82, 2.24) is 19.6 Å². The van der Waals surface area contributed by atoms with Crippen LogP contribution in [0.4, 0.5) is 8.78 Å². The summed E-state index contributed by atoms with van der Waals surface area (Å²) >= 11 is 0. The van der Waals surface area contributed by atoms with Crippen LogP contribution in [0.1, 0.15) is 33.6 Å². The fourth-order valence-electron chi connectivity index (χ4n) is 5.39. The Morgan fingerprint density at radius 1 is 0.811 bits per heavy atom. The van der Waals surface area contributed by atoms with Gasteiger partial charge in [0.15, 0.2) is 0 Å². The summed E-state index contributed by atoms with van der Waals surface area (Å²) < 4.78 is 33.5. The molecule has 0 aliphatic carbocycles. The zero-order valence-corrected chi connectivity index (χ0v) is 20.7. The third-order valence-corrected chi connectivity index (χ3v) is 7.57. The summed E-state index contributed by atoms with van der Waals surface area (Å²) in [7, 11) is 2.00. The normalized spacial score (nSPS) is 21.9. The van der Waals surface area contributed by atoms with E-state index in [0.717, 1.165) is 13.1 Å². The number of carbonyl (C=O) groups is 3. The van der Waals surface area contributed by atoms with Crippen LogP contribution in [0.15, 0.2) is 48.5 Å². The Kier molecular flexibility index (Phi) is 6.96. The molecule has 37 heavy (non-hydrogen) atoms. The molecule has 8 nitrogen and oxygen atoms in total. The first-order chi connectivity index (χ1) is 17.8. The molecule has 1 spiro atoms. The molecule has 0 radical (unpaired) electrons. The number of likely N-dealkylation sites (N-methyl/N-ethyl adjacent to an activating group) is 1. The van der Waals surface area contributed by atoms with E-state index in [-0.39, 0.29) is 42.6 Å². The monoisotopic (exact) mass is 512 g/mol. The van der Waals surface area contributed by atoms with Crippen LogP contribution >= 0.6 is 0 Å². The molecule has 3 saturated heterocycles. The molecule has 3 heterocycles. The molecule has 3 aliphatic heterocycles. The van der Waals surface area contributed by atoms with Crippen LogP contribution in [0.25, 0.3) is 0 Å². The molecule has 0 aromatic heterocycles. The second kappa shape index (κ2) is 10.2. The third-order valence-electron chi connectivity index (χ3n) is 7.57. The van der Waals surface area contributed by atoms with E-state index in [0.29, 0.717) is 25.9 Å². The standard InChI is InChI=1S/C27H30F2N4O4/c1-30-13-15-32(16-14-30)26(36)23-18-37-27(33(23)25(35)19-5-7-21(28)8-6-19)9-11-31(12-10-27)24(34)20-3-2-4-22(29)17-20/h2-8,17,23H,9-16,18H2,1H3. The maximum Gasteiger partial charge on any atom is 0.256 e. The molecule has 3 fully saturated rings. The van der Waals surface area contributed by atoms with Crippen molar-refractivity contribution >= 4 is 17.7 Å². The minimum Gasteiger partial charge on any atom is -0.353 e. The lowest BCUT2D eigenvalue weighted by Gasteiger charge is -2.45. The van der Waals surface area contributed by atoms with Crippen LogP contribution in [0.5, 0.6) is 0 Å². The van der Waals surface area contributed by atoms with Crippen molar-refractivity contribution in [2.24, 2.45) is 0 Å². The van der Waals surface area contributed by atoms with Crippen LogP contribution in [0, 0.1) is 11.6 Å². The van der Waals surface area contributed by atoms with Gasteiger partial charge in [-0.15, -0.1) is 0 Å². The molecule has 0 bridgehead atoms. The lowest BCUT2D eigenvalue weighted by atomic mass is 9.96. The number of carbonyl (C=O) groups excluding carboxylic acids is 3. The molecule has 3 aliphatic rings. The number of piperazine rings is 1. The van der Waals surface area contributed by atoms with Gasteiger partial charge in [0, 0.05) is 63.2 Å². The Morgan fingerprint density at radius 2 is 1.49 bits per heavy atom. The lowest BCUT2D eigenvalue weighted by molar-refractivity contribution is -0.139. The van der Waals surface area contributed by atoms with Crippen molar-refractivity contribution in [2.75, 3.05) is 52.9 Å².